The number of nitrogens with one attached hydrogen (secondary N) is 1. The average molecular weight is 289 g/mol. The summed E-state index contributed by atoms with van der Waals surface area (Å²) in [5.41, 5.74) is 2.90. The van der Waals surface area contributed by atoms with E-state index in [-0.39, 0.29) is 5.82 Å². The Bertz CT molecular complexity index is 614. The molecule has 0 atom stereocenters. The molecular formula is C17H20FNO2. The lowest BCUT2D eigenvalue weighted by Gasteiger charge is -2.13. The average Bonchev–Trinajstić information content (AvgIpc) is 2.49. The Balaban J connectivity index is 2.12. The van der Waals surface area contributed by atoms with E-state index in [2.05, 4.69) is 5.32 Å². The molecule has 2 aromatic carbocycles. The van der Waals surface area contributed by atoms with Crippen LogP contribution in [0.15, 0.2) is 36.4 Å². The zero-order chi connectivity index (χ0) is 15.2. The van der Waals surface area contributed by atoms with Crippen LogP contribution >= 0.6 is 0 Å². The fraction of sp³-hybridized carbons (Fsp3) is 0.294. The van der Waals surface area contributed by atoms with Gasteiger partial charge in [0, 0.05) is 18.3 Å². The van der Waals surface area contributed by atoms with Gasteiger partial charge in [-0.2, -0.15) is 0 Å². The van der Waals surface area contributed by atoms with E-state index in [1.807, 2.05) is 32.0 Å². The Morgan fingerprint density at radius 2 is 1.90 bits per heavy atom. The summed E-state index contributed by atoms with van der Waals surface area (Å²) >= 11 is 0. The summed E-state index contributed by atoms with van der Waals surface area (Å²) in [6, 6.07) is 10.5. The van der Waals surface area contributed by atoms with E-state index >= 15 is 0 Å². The molecule has 1 N–H and O–H groups in total. The third-order valence-electron chi connectivity index (χ3n) is 3.26. The highest BCUT2D eigenvalue weighted by molar-refractivity contribution is 5.55. The van der Waals surface area contributed by atoms with E-state index in [9.17, 15) is 4.39 Å². The van der Waals surface area contributed by atoms with E-state index in [1.165, 1.54) is 6.07 Å². The van der Waals surface area contributed by atoms with Crippen LogP contribution in [0, 0.1) is 12.7 Å². The first-order chi connectivity index (χ1) is 10.1. The minimum absolute atomic E-state index is 0.220. The summed E-state index contributed by atoms with van der Waals surface area (Å²) in [4.78, 5) is 0. The molecule has 0 aliphatic heterocycles. The molecule has 0 spiro atoms. The molecule has 0 aliphatic rings. The fourth-order valence-corrected chi connectivity index (χ4v) is 2.08. The Kier molecular flexibility index (Phi) is 5.04. The van der Waals surface area contributed by atoms with E-state index < -0.39 is 0 Å². The summed E-state index contributed by atoms with van der Waals surface area (Å²) in [7, 11) is 1.61. The van der Waals surface area contributed by atoms with Crippen LogP contribution in [0.4, 0.5) is 10.1 Å². The first-order valence-corrected chi connectivity index (χ1v) is 6.93. The van der Waals surface area contributed by atoms with Gasteiger partial charge in [-0.15, -0.1) is 0 Å². The summed E-state index contributed by atoms with van der Waals surface area (Å²) < 4.78 is 24.1. The van der Waals surface area contributed by atoms with Crippen molar-refractivity contribution in [2.45, 2.75) is 20.4 Å². The number of ether oxygens (including phenoxy) is 2. The Morgan fingerprint density at radius 3 is 2.62 bits per heavy atom. The first kappa shape index (κ1) is 15.2. The topological polar surface area (TPSA) is 30.5 Å². The highest BCUT2D eigenvalue weighted by Crippen LogP contribution is 2.30. The van der Waals surface area contributed by atoms with Gasteiger partial charge in [-0.1, -0.05) is 6.07 Å². The molecule has 0 bridgehead atoms. The number of aryl methyl sites for hydroxylation is 1. The quantitative estimate of drug-likeness (QED) is 0.866. The summed E-state index contributed by atoms with van der Waals surface area (Å²) in [5, 5.41) is 3.28. The zero-order valence-electron chi connectivity index (χ0n) is 12.6. The van der Waals surface area contributed by atoms with Crippen molar-refractivity contribution >= 4 is 5.69 Å². The highest BCUT2D eigenvalue weighted by Gasteiger charge is 2.06. The molecule has 0 saturated heterocycles. The molecule has 0 unspecified atom stereocenters. The van der Waals surface area contributed by atoms with E-state index in [4.69, 9.17) is 9.47 Å². The van der Waals surface area contributed by atoms with Gasteiger partial charge in [0.15, 0.2) is 11.5 Å². The third-order valence-corrected chi connectivity index (χ3v) is 3.26. The van der Waals surface area contributed by atoms with Crippen molar-refractivity contribution in [1.82, 2.24) is 0 Å². The van der Waals surface area contributed by atoms with Crippen molar-refractivity contribution in [2.24, 2.45) is 0 Å². The Morgan fingerprint density at radius 1 is 1.10 bits per heavy atom. The van der Waals surface area contributed by atoms with Crippen LogP contribution in [0.5, 0.6) is 11.5 Å². The lowest BCUT2D eigenvalue weighted by atomic mass is 10.1. The fourth-order valence-electron chi connectivity index (χ4n) is 2.08. The Hall–Kier alpha value is -2.23. The van der Waals surface area contributed by atoms with Crippen LogP contribution in [0.2, 0.25) is 0 Å². The molecule has 0 saturated carbocycles. The van der Waals surface area contributed by atoms with E-state index in [0.717, 1.165) is 16.8 Å². The van der Waals surface area contributed by atoms with Gasteiger partial charge in [-0.05, 0) is 49.2 Å². The SMILES string of the molecule is CCOc1cc(NCc2cc(F)ccc2C)ccc1OC. The molecule has 4 heteroatoms. The second-order valence-electron chi connectivity index (χ2n) is 4.72. The van der Waals surface area contributed by atoms with Gasteiger partial charge in [-0.25, -0.2) is 4.39 Å². The third kappa shape index (κ3) is 3.88. The molecule has 0 radical (unpaired) electrons. The molecule has 2 aromatic rings. The standard InChI is InChI=1S/C17H20FNO2/c1-4-21-17-10-15(7-8-16(17)20-3)19-11-13-9-14(18)6-5-12(13)2/h5-10,19H,4,11H2,1-3H3. The van der Waals surface area contributed by atoms with Crippen LogP contribution in [-0.2, 0) is 6.54 Å². The molecule has 21 heavy (non-hydrogen) atoms. The smallest absolute Gasteiger partial charge is 0.163 e. The minimum atomic E-state index is -0.220. The van der Waals surface area contributed by atoms with Crippen molar-refractivity contribution in [3.63, 3.8) is 0 Å². The lowest BCUT2D eigenvalue weighted by molar-refractivity contribution is 0.311. The lowest BCUT2D eigenvalue weighted by Crippen LogP contribution is -2.03. The monoisotopic (exact) mass is 289 g/mol. The largest absolute Gasteiger partial charge is 0.493 e. The maximum absolute atomic E-state index is 13.3. The molecule has 0 aliphatic carbocycles. The highest BCUT2D eigenvalue weighted by atomic mass is 19.1. The van der Waals surface area contributed by atoms with Gasteiger partial charge < -0.3 is 14.8 Å². The van der Waals surface area contributed by atoms with E-state index in [1.54, 1.807) is 19.2 Å². The van der Waals surface area contributed by atoms with Gasteiger partial charge in [-0.3, -0.25) is 0 Å². The maximum Gasteiger partial charge on any atom is 0.163 e. The number of benzene rings is 2. The number of rotatable bonds is 6. The van der Waals surface area contributed by atoms with E-state index in [0.29, 0.717) is 24.7 Å². The van der Waals surface area contributed by atoms with Crippen LogP contribution in [-0.4, -0.2) is 13.7 Å². The second-order valence-corrected chi connectivity index (χ2v) is 4.72. The summed E-state index contributed by atoms with van der Waals surface area (Å²) in [5.74, 6) is 1.17. The maximum atomic E-state index is 13.3. The van der Waals surface area contributed by atoms with Crippen LogP contribution in [0.25, 0.3) is 0 Å². The molecule has 2 rings (SSSR count). The molecule has 0 amide bonds. The predicted octanol–water partition coefficient (Wildman–Crippen LogP) is 4.15. The minimum Gasteiger partial charge on any atom is -0.493 e. The van der Waals surface area contributed by atoms with Crippen LogP contribution in [0.3, 0.4) is 0 Å². The van der Waals surface area contributed by atoms with Gasteiger partial charge in [0.25, 0.3) is 0 Å². The summed E-state index contributed by atoms with van der Waals surface area (Å²) in [6.07, 6.45) is 0. The molecule has 0 aromatic heterocycles. The van der Waals surface area contributed by atoms with Crippen molar-refractivity contribution in [1.29, 1.82) is 0 Å². The van der Waals surface area contributed by atoms with Gasteiger partial charge >= 0.3 is 0 Å². The van der Waals surface area contributed by atoms with Gasteiger partial charge in [0.1, 0.15) is 5.82 Å². The molecule has 3 nitrogen and oxygen atoms in total. The molecule has 0 heterocycles. The molecule has 112 valence electrons. The normalized spacial score (nSPS) is 10.3. The zero-order valence-corrected chi connectivity index (χ0v) is 12.6. The second kappa shape index (κ2) is 6.97. The number of hydrogen-bond donors (Lipinski definition) is 1. The predicted molar refractivity (Wildman–Crippen MR) is 82.6 cm³/mol. The first-order valence-electron chi connectivity index (χ1n) is 6.93. The molecular weight excluding hydrogens is 269 g/mol. The van der Waals surface area contributed by atoms with Crippen LogP contribution < -0.4 is 14.8 Å². The number of hydrogen-bond acceptors (Lipinski definition) is 3. The number of methoxy groups -OCH3 is 1. The van der Waals surface area contributed by atoms with Gasteiger partial charge in [0.05, 0.1) is 13.7 Å². The number of halogens is 1. The van der Waals surface area contributed by atoms with Crippen molar-refractivity contribution in [3.8, 4) is 11.5 Å². The Labute approximate surface area is 124 Å². The van der Waals surface area contributed by atoms with Crippen molar-refractivity contribution in [3.05, 3.63) is 53.3 Å². The number of anilines is 1. The van der Waals surface area contributed by atoms with Crippen molar-refractivity contribution in [2.75, 3.05) is 19.0 Å². The van der Waals surface area contributed by atoms with Gasteiger partial charge in [0.2, 0.25) is 0 Å². The molecule has 0 fully saturated rings. The van der Waals surface area contributed by atoms with Crippen molar-refractivity contribution < 1.29 is 13.9 Å². The van der Waals surface area contributed by atoms with Crippen LogP contribution in [0.1, 0.15) is 18.1 Å². The summed E-state index contributed by atoms with van der Waals surface area (Å²) in [6.45, 7) is 5.02.